The molecule has 4 nitrogen and oxygen atoms in total. The van der Waals surface area contributed by atoms with Gasteiger partial charge in [-0.05, 0) is 45.0 Å². The fourth-order valence-corrected chi connectivity index (χ4v) is 2.46. The number of fused-ring (bicyclic) bond motifs is 1. The average molecular weight is 392 g/mol. The van der Waals surface area contributed by atoms with Crippen LogP contribution in [0.1, 0.15) is 25.0 Å². The Bertz CT molecular complexity index is 783. The van der Waals surface area contributed by atoms with Gasteiger partial charge in [-0.15, -0.1) is 0 Å². The van der Waals surface area contributed by atoms with Crippen LogP contribution in [-0.2, 0) is 14.3 Å². The van der Waals surface area contributed by atoms with Crippen molar-refractivity contribution in [3.05, 3.63) is 70.5 Å². The maximum Gasteiger partial charge on any atom is 0.293 e. The number of nitrogens with zero attached hydrogens (tertiary/aromatic N) is 1. The standard InChI is InChI=1S/C11H10ClNO.C7H7F.C3H6O2/c1-3-8-9-5-4-7(12)6-10(9)13(2)11(8)14;1-6-2-4-7(8)5-3-6;1-2-5-3-4/h3-6H,1-2H3;2-5H,1H3;3H,2H2,1H3/b8-3+;;. The number of aryl methyl sites for hydroxylation is 1. The molecule has 1 aliphatic rings. The molecule has 0 atom stereocenters. The number of likely N-dealkylation sites (N-methyl/N-ethyl adjacent to an activating group) is 1. The van der Waals surface area contributed by atoms with Gasteiger partial charge in [0.15, 0.2) is 0 Å². The van der Waals surface area contributed by atoms with Crippen LogP contribution in [-0.4, -0.2) is 26.0 Å². The van der Waals surface area contributed by atoms with Gasteiger partial charge in [0.05, 0.1) is 12.3 Å². The molecule has 0 bridgehead atoms. The Balaban J connectivity index is 0.000000237. The largest absolute Gasteiger partial charge is 0.468 e. The lowest BCUT2D eigenvalue weighted by Gasteiger charge is -2.08. The Kier molecular flexibility index (Phi) is 9.23. The second-order valence-electron chi connectivity index (χ2n) is 5.58. The minimum absolute atomic E-state index is 0.0322. The van der Waals surface area contributed by atoms with Gasteiger partial charge in [0.25, 0.3) is 12.4 Å². The maximum atomic E-state index is 12.1. The number of allylic oxidation sites excluding steroid dienone is 1. The Morgan fingerprint density at radius 3 is 2.26 bits per heavy atom. The predicted molar refractivity (Wildman–Crippen MR) is 107 cm³/mol. The highest BCUT2D eigenvalue weighted by atomic mass is 35.5. The van der Waals surface area contributed by atoms with Crippen molar-refractivity contribution in [3.63, 3.8) is 0 Å². The Morgan fingerprint density at radius 1 is 1.19 bits per heavy atom. The van der Waals surface area contributed by atoms with Gasteiger partial charge in [0.1, 0.15) is 5.82 Å². The van der Waals surface area contributed by atoms with E-state index in [-0.39, 0.29) is 11.7 Å². The number of hydrogen-bond acceptors (Lipinski definition) is 3. The number of anilines is 1. The predicted octanol–water partition coefficient (Wildman–Crippen LogP) is 5.03. The third kappa shape index (κ3) is 6.53. The molecule has 0 saturated carbocycles. The highest BCUT2D eigenvalue weighted by Crippen LogP contribution is 2.37. The third-order valence-corrected chi connectivity index (χ3v) is 3.92. The molecule has 144 valence electrons. The minimum Gasteiger partial charge on any atom is -0.468 e. The molecule has 0 radical (unpaired) electrons. The van der Waals surface area contributed by atoms with E-state index in [0.717, 1.165) is 22.4 Å². The topological polar surface area (TPSA) is 46.6 Å². The summed E-state index contributed by atoms with van der Waals surface area (Å²) in [7, 11) is 1.76. The summed E-state index contributed by atoms with van der Waals surface area (Å²) >= 11 is 5.87. The van der Waals surface area contributed by atoms with E-state index in [1.807, 2.05) is 32.1 Å². The number of carbonyl (C=O) groups is 2. The number of halogens is 2. The first-order chi connectivity index (χ1) is 12.8. The number of amides is 1. The minimum atomic E-state index is -0.171. The maximum absolute atomic E-state index is 12.1. The van der Waals surface area contributed by atoms with Crippen molar-refractivity contribution in [2.75, 3.05) is 18.6 Å². The van der Waals surface area contributed by atoms with Gasteiger partial charge < -0.3 is 9.64 Å². The van der Waals surface area contributed by atoms with Gasteiger partial charge in [0.2, 0.25) is 0 Å². The number of hydrogen-bond donors (Lipinski definition) is 0. The Hall–Kier alpha value is -2.66. The summed E-state index contributed by atoms with van der Waals surface area (Å²) < 4.78 is 16.2. The summed E-state index contributed by atoms with van der Waals surface area (Å²) in [6.07, 6.45) is 1.83. The SMILES string of the molecule is C/C=C1/C(=O)N(C)c2cc(Cl)ccc21.CCOC=O.Cc1ccc(F)cc1. The molecular weight excluding hydrogens is 369 g/mol. The first-order valence-electron chi connectivity index (χ1n) is 8.37. The van der Waals surface area contributed by atoms with E-state index >= 15 is 0 Å². The molecule has 6 heteroatoms. The van der Waals surface area contributed by atoms with Crippen molar-refractivity contribution in [2.24, 2.45) is 0 Å². The fourth-order valence-electron chi connectivity index (χ4n) is 2.30. The monoisotopic (exact) mass is 391 g/mol. The fraction of sp³-hybridized carbons (Fsp3) is 0.238. The van der Waals surface area contributed by atoms with Crippen molar-refractivity contribution in [2.45, 2.75) is 20.8 Å². The first-order valence-corrected chi connectivity index (χ1v) is 8.75. The summed E-state index contributed by atoms with van der Waals surface area (Å²) in [5.74, 6) is -0.139. The van der Waals surface area contributed by atoms with E-state index < -0.39 is 0 Å². The molecule has 0 unspecified atom stereocenters. The molecule has 0 aliphatic carbocycles. The summed E-state index contributed by atoms with van der Waals surface area (Å²) in [5.41, 5.74) is 3.69. The van der Waals surface area contributed by atoms with Crippen LogP contribution in [0.25, 0.3) is 5.57 Å². The van der Waals surface area contributed by atoms with Crippen LogP contribution in [0, 0.1) is 12.7 Å². The van der Waals surface area contributed by atoms with Gasteiger partial charge in [-0.25, -0.2) is 4.39 Å². The van der Waals surface area contributed by atoms with Crippen LogP contribution >= 0.6 is 11.6 Å². The van der Waals surface area contributed by atoms with Gasteiger partial charge in [-0.1, -0.05) is 41.4 Å². The zero-order valence-electron chi connectivity index (χ0n) is 15.8. The van der Waals surface area contributed by atoms with Crippen LogP contribution in [0.15, 0.2) is 48.5 Å². The van der Waals surface area contributed by atoms with E-state index in [0.29, 0.717) is 18.1 Å². The quantitative estimate of drug-likeness (QED) is 0.532. The molecule has 0 N–H and O–H groups in total. The van der Waals surface area contributed by atoms with E-state index in [1.54, 1.807) is 37.1 Å². The molecule has 0 spiro atoms. The van der Waals surface area contributed by atoms with Crippen LogP contribution in [0.4, 0.5) is 10.1 Å². The van der Waals surface area contributed by atoms with Gasteiger partial charge in [0, 0.05) is 23.2 Å². The first kappa shape index (κ1) is 22.4. The van der Waals surface area contributed by atoms with Crippen molar-refractivity contribution in [3.8, 4) is 0 Å². The second kappa shape index (κ2) is 11.1. The molecule has 0 saturated heterocycles. The lowest BCUT2D eigenvalue weighted by Crippen LogP contribution is -2.20. The van der Waals surface area contributed by atoms with Crippen LogP contribution < -0.4 is 4.90 Å². The van der Waals surface area contributed by atoms with Gasteiger partial charge in [-0.2, -0.15) is 0 Å². The van der Waals surface area contributed by atoms with Crippen LogP contribution in [0.3, 0.4) is 0 Å². The molecule has 2 aromatic carbocycles. The van der Waals surface area contributed by atoms with Crippen LogP contribution in [0.5, 0.6) is 0 Å². The zero-order valence-corrected chi connectivity index (χ0v) is 16.6. The molecule has 0 fully saturated rings. The molecule has 0 aromatic heterocycles. The highest BCUT2D eigenvalue weighted by molar-refractivity contribution is 6.34. The average Bonchev–Trinajstić information content (AvgIpc) is 2.89. The molecule has 1 amide bonds. The number of rotatable bonds is 2. The highest BCUT2D eigenvalue weighted by Gasteiger charge is 2.28. The van der Waals surface area contributed by atoms with Gasteiger partial charge >= 0.3 is 0 Å². The molecule has 27 heavy (non-hydrogen) atoms. The second-order valence-corrected chi connectivity index (χ2v) is 6.01. The number of benzene rings is 2. The summed E-state index contributed by atoms with van der Waals surface area (Å²) in [6.45, 7) is 6.46. The van der Waals surface area contributed by atoms with E-state index in [2.05, 4.69) is 4.74 Å². The zero-order chi connectivity index (χ0) is 20.4. The van der Waals surface area contributed by atoms with Crippen LogP contribution in [0.2, 0.25) is 5.02 Å². The Labute approximate surface area is 164 Å². The van der Waals surface area contributed by atoms with E-state index in [1.165, 1.54) is 12.1 Å². The van der Waals surface area contributed by atoms with E-state index in [9.17, 15) is 14.0 Å². The summed E-state index contributed by atoms with van der Waals surface area (Å²) in [6, 6.07) is 11.9. The molecule has 1 aliphatic heterocycles. The summed E-state index contributed by atoms with van der Waals surface area (Å²) in [4.78, 5) is 22.5. The lowest BCUT2D eigenvalue weighted by molar-refractivity contribution is -0.128. The molecular formula is C21H23ClFNO3. The third-order valence-electron chi connectivity index (χ3n) is 3.68. The Morgan fingerprint density at radius 2 is 1.81 bits per heavy atom. The lowest BCUT2D eigenvalue weighted by atomic mass is 10.1. The van der Waals surface area contributed by atoms with Crippen molar-refractivity contribution in [1.82, 2.24) is 0 Å². The van der Waals surface area contributed by atoms with Crippen molar-refractivity contribution < 1.29 is 18.7 Å². The number of carbonyl (C=O) groups excluding carboxylic acids is 2. The smallest absolute Gasteiger partial charge is 0.293 e. The molecule has 2 aromatic rings. The normalized spacial score (nSPS) is 13.2. The van der Waals surface area contributed by atoms with Gasteiger partial charge in [-0.3, -0.25) is 9.59 Å². The summed E-state index contributed by atoms with van der Waals surface area (Å²) in [5, 5.41) is 0.653. The molecule has 3 rings (SSSR count). The van der Waals surface area contributed by atoms with E-state index in [4.69, 9.17) is 11.6 Å². The van der Waals surface area contributed by atoms with Crippen molar-refractivity contribution >= 4 is 35.2 Å². The van der Waals surface area contributed by atoms with Crippen molar-refractivity contribution in [1.29, 1.82) is 0 Å². The molecule has 1 heterocycles. The number of ether oxygens (including phenoxy) is 1.